The van der Waals surface area contributed by atoms with E-state index in [0.29, 0.717) is 12.8 Å². The molecule has 0 saturated heterocycles. The lowest BCUT2D eigenvalue weighted by Crippen LogP contribution is -2.50. The van der Waals surface area contributed by atoms with E-state index in [2.05, 4.69) is 9.71 Å². The number of aliphatic carboxylic acids is 1. The lowest BCUT2D eigenvalue weighted by Gasteiger charge is -2.31. The van der Waals surface area contributed by atoms with E-state index in [1.165, 1.54) is 12.3 Å². The van der Waals surface area contributed by atoms with Crippen LogP contribution in [0.1, 0.15) is 53.4 Å². The van der Waals surface area contributed by atoms with Crippen molar-refractivity contribution in [1.29, 1.82) is 0 Å². The van der Waals surface area contributed by atoms with Crippen LogP contribution < -0.4 is 4.72 Å². The minimum absolute atomic E-state index is 0.0104. The number of nitrogens with zero attached hydrogens (tertiary/aromatic N) is 1. The Morgan fingerprint density at radius 2 is 2.00 bits per heavy atom. The van der Waals surface area contributed by atoms with E-state index in [1.54, 1.807) is 20.8 Å². The first-order valence-electron chi connectivity index (χ1n) is 8.13. The molecule has 1 unspecified atom stereocenters. The van der Waals surface area contributed by atoms with E-state index < -0.39 is 33.2 Å². The van der Waals surface area contributed by atoms with E-state index in [4.69, 9.17) is 9.84 Å². The molecule has 1 aliphatic rings. The molecule has 25 heavy (non-hydrogen) atoms. The van der Waals surface area contributed by atoms with Crippen molar-refractivity contribution in [3.63, 3.8) is 0 Å². The number of carboxylic acid groups (broad SMARTS) is 1. The topological polar surface area (TPSA) is 122 Å². The van der Waals surface area contributed by atoms with Gasteiger partial charge >= 0.3 is 11.9 Å². The number of unbranched alkanes of at least 4 members (excludes halogenated alkanes) is 1. The van der Waals surface area contributed by atoms with E-state index in [0.717, 1.165) is 0 Å². The molecular weight excluding hydrogens is 348 g/mol. The minimum atomic E-state index is -3.75. The zero-order valence-electron chi connectivity index (χ0n) is 15.0. The van der Waals surface area contributed by atoms with Gasteiger partial charge in [0, 0.05) is 19.1 Å². The lowest BCUT2D eigenvalue weighted by atomic mass is 9.96. The molecule has 0 spiro atoms. The second kappa shape index (κ2) is 8.09. The molecule has 0 aromatic rings. The summed E-state index contributed by atoms with van der Waals surface area (Å²) in [4.78, 5) is 27.5. The van der Waals surface area contributed by atoms with Crippen molar-refractivity contribution in [3.8, 4) is 0 Å². The SMILES string of the molecule is CCCCS(=O)(=O)NC1(CCC(=O)O)N=CC=C1C(=O)OC(C)(C)C. The van der Waals surface area contributed by atoms with Crippen molar-refractivity contribution in [2.45, 2.75) is 64.6 Å². The van der Waals surface area contributed by atoms with Gasteiger partial charge < -0.3 is 9.84 Å². The Kier molecular flexibility index (Phi) is 6.90. The molecule has 1 atom stereocenters. The van der Waals surface area contributed by atoms with Gasteiger partial charge in [0.1, 0.15) is 5.60 Å². The van der Waals surface area contributed by atoms with Gasteiger partial charge in [-0.2, -0.15) is 4.72 Å². The van der Waals surface area contributed by atoms with Crippen LogP contribution in [0.25, 0.3) is 0 Å². The monoisotopic (exact) mass is 374 g/mol. The Labute approximate surface area is 148 Å². The van der Waals surface area contributed by atoms with Crippen LogP contribution in [0.2, 0.25) is 0 Å². The molecule has 0 aromatic carbocycles. The highest BCUT2D eigenvalue weighted by Crippen LogP contribution is 2.31. The fourth-order valence-corrected chi connectivity index (χ4v) is 3.83. The summed E-state index contributed by atoms with van der Waals surface area (Å²) in [5, 5.41) is 8.97. The van der Waals surface area contributed by atoms with E-state index in [1.807, 2.05) is 6.92 Å². The second-order valence-electron chi connectivity index (χ2n) is 6.89. The molecule has 2 N–H and O–H groups in total. The summed E-state index contributed by atoms with van der Waals surface area (Å²) in [5.74, 6) is -1.97. The molecular formula is C16H26N2O6S. The number of esters is 1. The third-order valence-corrected chi connectivity index (χ3v) is 4.87. The standard InChI is InChI=1S/C16H26N2O6S/c1-5-6-11-25(22,23)18-16(9-7-13(19)20)12(8-10-17-16)14(21)24-15(2,3)4/h8,10,18H,5-7,9,11H2,1-4H3,(H,19,20). The quantitative estimate of drug-likeness (QED) is 0.591. The first-order valence-corrected chi connectivity index (χ1v) is 9.79. The second-order valence-corrected chi connectivity index (χ2v) is 8.73. The molecule has 0 amide bonds. The molecule has 8 nitrogen and oxygen atoms in total. The predicted octanol–water partition coefficient (Wildman–Crippen LogP) is 1.62. The molecule has 0 fully saturated rings. The number of nitrogens with one attached hydrogen (secondary N) is 1. The van der Waals surface area contributed by atoms with Crippen molar-refractivity contribution in [3.05, 3.63) is 11.6 Å². The summed E-state index contributed by atoms with van der Waals surface area (Å²) in [7, 11) is -3.75. The number of ether oxygens (including phenoxy) is 1. The summed E-state index contributed by atoms with van der Waals surface area (Å²) in [6.07, 6.45) is 3.24. The normalized spacial score (nSPS) is 20.4. The largest absolute Gasteiger partial charge is 0.481 e. The van der Waals surface area contributed by atoms with Gasteiger partial charge in [0.2, 0.25) is 10.0 Å². The number of aliphatic imine (C=N–C) groups is 1. The zero-order chi connectivity index (χ0) is 19.3. The Hall–Kier alpha value is -1.74. The molecule has 1 heterocycles. The lowest BCUT2D eigenvalue weighted by molar-refractivity contribution is -0.151. The van der Waals surface area contributed by atoms with Crippen LogP contribution in [0.5, 0.6) is 0 Å². The summed E-state index contributed by atoms with van der Waals surface area (Å²) >= 11 is 0. The maximum Gasteiger partial charge on any atom is 0.338 e. The van der Waals surface area contributed by atoms with Crippen molar-refractivity contribution >= 4 is 28.2 Å². The Balaban J connectivity index is 3.14. The van der Waals surface area contributed by atoms with Crippen molar-refractivity contribution in [2.24, 2.45) is 4.99 Å². The fraction of sp³-hybridized carbons (Fsp3) is 0.688. The van der Waals surface area contributed by atoms with Crippen LogP contribution in [-0.4, -0.2) is 48.7 Å². The highest BCUT2D eigenvalue weighted by molar-refractivity contribution is 7.89. The number of hydrogen-bond donors (Lipinski definition) is 2. The van der Waals surface area contributed by atoms with Crippen LogP contribution in [0, 0.1) is 0 Å². The summed E-state index contributed by atoms with van der Waals surface area (Å²) in [5.41, 5.74) is -2.43. The summed E-state index contributed by atoms with van der Waals surface area (Å²) < 4.78 is 32.4. The Morgan fingerprint density at radius 3 is 2.52 bits per heavy atom. The van der Waals surface area contributed by atoms with Gasteiger partial charge in [-0.15, -0.1) is 0 Å². The predicted molar refractivity (Wildman–Crippen MR) is 93.9 cm³/mol. The number of allylic oxidation sites excluding steroid dienone is 1. The average molecular weight is 374 g/mol. The molecule has 0 bridgehead atoms. The summed E-state index contributed by atoms with van der Waals surface area (Å²) in [6.45, 7) is 6.91. The molecule has 1 rings (SSSR count). The van der Waals surface area contributed by atoms with Crippen LogP contribution in [0.15, 0.2) is 16.6 Å². The highest BCUT2D eigenvalue weighted by atomic mass is 32.2. The van der Waals surface area contributed by atoms with E-state index >= 15 is 0 Å². The summed E-state index contributed by atoms with van der Waals surface area (Å²) in [6, 6.07) is 0. The van der Waals surface area contributed by atoms with Crippen LogP contribution in [-0.2, 0) is 24.3 Å². The van der Waals surface area contributed by atoms with Crippen molar-refractivity contribution in [2.75, 3.05) is 5.75 Å². The number of carbonyl (C=O) groups is 2. The highest BCUT2D eigenvalue weighted by Gasteiger charge is 2.44. The van der Waals surface area contributed by atoms with Gasteiger partial charge in [-0.3, -0.25) is 9.79 Å². The van der Waals surface area contributed by atoms with E-state index in [-0.39, 0.29) is 24.2 Å². The third kappa shape index (κ3) is 6.58. The fourth-order valence-electron chi connectivity index (χ4n) is 2.28. The van der Waals surface area contributed by atoms with Crippen LogP contribution >= 0.6 is 0 Å². The average Bonchev–Trinajstić information content (AvgIpc) is 2.84. The Bertz CT molecular complexity index is 675. The number of hydrogen-bond acceptors (Lipinski definition) is 6. The zero-order valence-corrected chi connectivity index (χ0v) is 15.9. The molecule has 9 heteroatoms. The Morgan fingerprint density at radius 1 is 1.36 bits per heavy atom. The van der Waals surface area contributed by atoms with Gasteiger partial charge in [-0.25, -0.2) is 13.2 Å². The first kappa shape index (κ1) is 21.3. The molecule has 142 valence electrons. The maximum atomic E-state index is 12.5. The number of sulfonamides is 1. The van der Waals surface area contributed by atoms with Crippen LogP contribution in [0.3, 0.4) is 0 Å². The first-order chi connectivity index (χ1) is 11.4. The maximum absolute atomic E-state index is 12.5. The molecule has 1 aliphatic heterocycles. The molecule has 0 radical (unpaired) electrons. The van der Waals surface area contributed by atoms with Gasteiger partial charge in [0.15, 0.2) is 5.66 Å². The van der Waals surface area contributed by atoms with Gasteiger partial charge in [0.25, 0.3) is 0 Å². The third-order valence-electron chi connectivity index (χ3n) is 3.39. The van der Waals surface area contributed by atoms with Crippen LogP contribution in [0.4, 0.5) is 0 Å². The van der Waals surface area contributed by atoms with Gasteiger partial charge in [-0.05, 0) is 33.3 Å². The number of carbonyl (C=O) groups excluding carboxylic acids is 1. The number of rotatable bonds is 9. The minimum Gasteiger partial charge on any atom is -0.481 e. The van der Waals surface area contributed by atoms with Gasteiger partial charge in [0.05, 0.1) is 11.3 Å². The smallest absolute Gasteiger partial charge is 0.338 e. The number of carboxylic acids is 1. The molecule has 0 saturated carbocycles. The molecule has 0 aromatic heterocycles. The van der Waals surface area contributed by atoms with Crippen molar-refractivity contribution in [1.82, 2.24) is 4.72 Å². The van der Waals surface area contributed by atoms with E-state index in [9.17, 15) is 18.0 Å². The van der Waals surface area contributed by atoms with Crippen molar-refractivity contribution < 1.29 is 27.9 Å². The molecule has 0 aliphatic carbocycles. The van der Waals surface area contributed by atoms with Gasteiger partial charge in [-0.1, -0.05) is 13.3 Å².